The van der Waals surface area contributed by atoms with Crippen molar-refractivity contribution in [1.29, 1.82) is 0 Å². The maximum atomic E-state index is 6.03. The molecule has 0 bridgehead atoms. The van der Waals surface area contributed by atoms with Gasteiger partial charge in [0.25, 0.3) is 0 Å². The summed E-state index contributed by atoms with van der Waals surface area (Å²) in [7, 11) is 0. The monoisotopic (exact) mass is 255 g/mol. The van der Waals surface area contributed by atoms with Crippen molar-refractivity contribution in [2.45, 2.75) is 72.3 Å². The summed E-state index contributed by atoms with van der Waals surface area (Å²) >= 11 is 0. The summed E-state index contributed by atoms with van der Waals surface area (Å²) < 4.78 is 6.03. The predicted molar refractivity (Wildman–Crippen MR) is 78.9 cm³/mol. The summed E-state index contributed by atoms with van der Waals surface area (Å²) in [6.07, 6.45) is 8.25. The third-order valence-electron chi connectivity index (χ3n) is 3.94. The molecule has 2 atom stereocenters. The smallest absolute Gasteiger partial charge is 0.0594 e. The van der Waals surface area contributed by atoms with E-state index in [1.165, 1.54) is 38.5 Å². The highest BCUT2D eigenvalue weighted by Gasteiger charge is 2.32. The molecule has 1 aliphatic rings. The summed E-state index contributed by atoms with van der Waals surface area (Å²) in [5.41, 5.74) is 0.469. The van der Waals surface area contributed by atoms with Crippen LogP contribution < -0.4 is 5.32 Å². The third-order valence-corrected chi connectivity index (χ3v) is 3.94. The van der Waals surface area contributed by atoms with Crippen LogP contribution >= 0.6 is 0 Å². The minimum Gasteiger partial charge on any atom is -0.377 e. The van der Waals surface area contributed by atoms with Gasteiger partial charge in [0.1, 0.15) is 0 Å². The number of unbranched alkanes of at least 4 members (excludes halogenated alkanes) is 2. The van der Waals surface area contributed by atoms with E-state index in [0.717, 1.165) is 25.6 Å². The molecule has 2 unspecified atom stereocenters. The molecule has 0 aromatic carbocycles. The second kappa shape index (κ2) is 8.16. The Hall–Kier alpha value is -0.0800. The molecule has 1 rings (SSSR count). The van der Waals surface area contributed by atoms with Gasteiger partial charge >= 0.3 is 0 Å². The van der Waals surface area contributed by atoms with E-state index in [1.807, 2.05) is 0 Å². The minimum absolute atomic E-state index is 0.469. The normalized spacial score (nSPS) is 27.3. The quantitative estimate of drug-likeness (QED) is 0.662. The second-order valence-corrected chi connectivity index (χ2v) is 6.86. The summed E-state index contributed by atoms with van der Waals surface area (Å²) in [5.74, 6) is 0.816. The van der Waals surface area contributed by atoms with Crippen LogP contribution in [0.1, 0.15) is 66.2 Å². The van der Waals surface area contributed by atoms with E-state index in [-0.39, 0.29) is 0 Å². The van der Waals surface area contributed by atoms with Gasteiger partial charge in [0.2, 0.25) is 0 Å². The molecule has 108 valence electrons. The first-order chi connectivity index (χ1) is 8.53. The predicted octanol–water partition coefficient (Wildman–Crippen LogP) is 4.00. The van der Waals surface area contributed by atoms with Gasteiger partial charge in [0.15, 0.2) is 0 Å². The van der Waals surface area contributed by atoms with Gasteiger partial charge < -0.3 is 10.1 Å². The third kappa shape index (κ3) is 6.75. The Morgan fingerprint density at radius 1 is 1.17 bits per heavy atom. The molecule has 0 radical (unpaired) electrons. The largest absolute Gasteiger partial charge is 0.377 e. The first-order valence-corrected chi connectivity index (χ1v) is 7.86. The fourth-order valence-electron chi connectivity index (χ4n) is 3.31. The minimum atomic E-state index is 0.469. The Balaban J connectivity index is 2.04. The van der Waals surface area contributed by atoms with Crippen molar-refractivity contribution in [3.63, 3.8) is 0 Å². The Morgan fingerprint density at radius 2 is 1.94 bits per heavy atom. The highest BCUT2D eigenvalue weighted by atomic mass is 16.5. The number of hydrogen-bond acceptors (Lipinski definition) is 2. The van der Waals surface area contributed by atoms with E-state index < -0.39 is 0 Å². The molecule has 1 saturated carbocycles. The zero-order valence-electron chi connectivity index (χ0n) is 12.9. The van der Waals surface area contributed by atoms with E-state index in [0.29, 0.717) is 11.5 Å². The van der Waals surface area contributed by atoms with Crippen LogP contribution in [0, 0.1) is 11.3 Å². The molecular weight excluding hydrogens is 222 g/mol. The van der Waals surface area contributed by atoms with Crippen molar-refractivity contribution in [2.24, 2.45) is 11.3 Å². The Labute approximate surface area is 114 Å². The van der Waals surface area contributed by atoms with Crippen molar-refractivity contribution >= 4 is 0 Å². The molecular formula is C16H33NO. The van der Waals surface area contributed by atoms with Gasteiger partial charge in [0.05, 0.1) is 12.7 Å². The van der Waals surface area contributed by atoms with Gasteiger partial charge in [-0.3, -0.25) is 0 Å². The fourth-order valence-corrected chi connectivity index (χ4v) is 3.31. The van der Waals surface area contributed by atoms with Crippen molar-refractivity contribution < 1.29 is 4.74 Å². The topological polar surface area (TPSA) is 21.3 Å². The Kier molecular flexibility index (Phi) is 7.25. The van der Waals surface area contributed by atoms with Crippen LogP contribution in [-0.4, -0.2) is 25.8 Å². The molecule has 18 heavy (non-hydrogen) atoms. The molecule has 0 amide bonds. The second-order valence-electron chi connectivity index (χ2n) is 6.86. The van der Waals surface area contributed by atoms with Gasteiger partial charge in [-0.15, -0.1) is 0 Å². The highest BCUT2D eigenvalue weighted by Crippen LogP contribution is 2.39. The molecule has 0 aliphatic heterocycles. The van der Waals surface area contributed by atoms with Crippen molar-refractivity contribution in [3.8, 4) is 0 Å². The number of ether oxygens (including phenoxy) is 1. The summed E-state index contributed by atoms with van der Waals surface area (Å²) in [5, 5.41) is 3.47. The van der Waals surface area contributed by atoms with E-state index >= 15 is 0 Å². The molecule has 0 saturated heterocycles. The molecule has 0 heterocycles. The molecule has 0 spiro atoms. The van der Waals surface area contributed by atoms with Gasteiger partial charge in [-0.1, -0.05) is 40.5 Å². The lowest BCUT2D eigenvalue weighted by atomic mass is 9.71. The van der Waals surface area contributed by atoms with Crippen molar-refractivity contribution in [3.05, 3.63) is 0 Å². The molecule has 1 aliphatic carbocycles. The van der Waals surface area contributed by atoms with Gasteiger partial charge in [-0.05, 0) is 43.6 Å². The Bertz CT molecular complexity index is 215. The van der Waals surface area contributed by atoms with Crippen molar-refractivity contribution in [1.82, 2.24) is 5.32 Å². The Morgan fingerprint density at radius 3 is 2.61 bits per heavy atom. The molecule has 0 aromatic rings. The lowest BCUT2D eigenvalue weighted by molar-refractivity contribution is -0.0212. The lowest BCUT2D eigenvalue weighted by Crippen LogP contribution is -2.34. The summed E-state index contributed by atoms with van der Waals surface area (Å²) in [4.78, 5) is 0. The maximum Gasteiger partial charge on any atom is 0.0594 e. The van der Waals surface area contributed by atoms with E-state index in [9.17, 15) is 0 Å². The van der Waals surface area contributed by atoms with E-state index in [1.54, 1.807) is 0 Å². The maximum absolute atomic E-state index is 6.03. The van der Waals surface area contributed by atoms with Crippen LogP contribution in [0.5, 0.6) is 0 Å². The van der Waals surface area contributed by atoms with Crippen LogP contribution in [0.25, 0.3) is 0 Å². The summed E-state index contributed by atoms with van der Waals surface area (Å²) in [6.45, 7) is 12.4. The van der Waals surface area contributed by atoms with E-state index in [2.05, 4.69) is 33.0 Å². The molecule has 2 heteroatoms. The van der Waals surface area contributed by atoms with Gasteiger partial charge in [0, 0.05) is 6.54 Å². The molecule has 2 nitrogen and oxygen atoms in total. The first-order valence-electron chi connectivity index (χ1n) is 7.86. The van der Waals surface area contributed by atoms with Crippen LogP contribution in [0.2, 0.25) is 0 Å². The number of hydrogen-bond donors (Lipinski definition) is 1. The zero-order chi connectivity index (χ0) is 13.4. The van der Waals surface area contributed by atoms with Crippen LogP contribution in [0.15, 0.2) is 0 Å². The molecule has 1 fully saturated rings. The van der Waals surface area contributed by atoms with Gasteiger partial charge in [-0.2, -0.15) is 0 Å². The molecule has 0 aromatic heterocycles. The summed E-state index contributed by atoms with van der Waals surface area (Å²) in [6, 6.07) is 0. The SMILES string of the molecule is CCCCCNCCOC1CC(C)CC(C)(C)C1. The number of rotatable bonds is 8. The molecule has 1 N–H and O–H groups in total. The van der Waals surface area contributed by atoms with Gasteiger partial charge in [-0.25, -0.2) is 0 Å². The average molecular weight is 255 g/mol. The fraction of sp³-hybridized carbons (Fsp3) is 1.00. The van der Waals surface area contributed by atoms with Crippen LogP contribution in [0.4, 0.5) is 0 Å². The first kappa shape index (κ1) is 16.0. The van der Waals surface area contributed by atoms with Crippen LogP contribution in [0.3, 0.4) is 0 Å². The average Bonchev–Trinajstić information content (AvgIpc) is 2.25. The zero-order valence-corrected chi connectivity index (χ0v) is 12.9. The lowest BCUT2D eigenvalue weighted by Gasteiger charge is -2.38. The van der Waals surface area contributed by atoms with E-state index in [4.69, 9.17) is 4.74 Å². The number of nitrogens with one attached hydrogen (secondary N) is 1. The van der Waals surface area contributed by atoms with Crippen molar-refractivity contribution in [2.75, 3.05) is 19.7 Å². The highest BCUT2D eigenvalue weighted by molar-refractivity contribution is 4.83. The van der Waals surface area contributed by atoms with Crippen LogP contribution in [-0.2, 0) is 4.74 Å². The standard InChI is InChI=1S/C16H33NO/c1-5-6-7-8-17-9-10-18-15-11-14(2)12-16(3,4)13-15/h14-15,17H,5-13H2,1-4H3.